The normalized spacial score (nSPS) is 22.9. The fraction of sp³-hybridized carbons (Fsp3) is 0.333. The molecule has 3 heteroatoms. The molecule has 1 aromatic rings. The van der Waals surface area contributed by atoms with Crippen molar-refractivity contribution in [2.75, 3.05) is 13.3 Å². The van der Waals surface area contributed by atoms with Gasteiger partial charge in [-0.15, -0.1) is 0 Å². The number of hydrogen-bond donors (Lipinski definition) is 1. The van der Waals surface area contributed by atoms with Crippen molar-refractivity contribution in [1.82, 2.24) is 5.32 Å². The lowest BCUT2D eigenvalue weighted by Gasteiger charge is -2.09. The van der Waals surface area contributed by atoms with Crippen molar-refractivity contribution in [1.29, 1.82) is 0 Å². The van der Waals surface area contributed by atoms with Crippen molar-refractivity contribution >= 4 is 15.9 Å². The summed E-state index contributed by atoms with van der Waals surface area (Å²) in [6, 6.07) is 8.16. The van der Waals surface area contributed by atoms with Crippen LogP contribution >= 0.6 is 15.9 Å². The van der Waals surface area contributed by atoms with Gasteiger partial charge in [-0.2, -0.15) is 0 Å². The molecule has 0 aromatic heterocycles. The average Bonchev–Trinajstić information content (AvgIpc) is 2.57. The number of benzene rings is 1. The molecule has 1 aromatic carbocycles. The third-order valence-electron chi connectivity index (χ3n) is 1.97. The second-order valence-corrected chi connectivity index (χ2v) is 3.63. The zero-order chi connectivity index (χ0) is 8.39. The van der Waals surface area contributed by atoms with Crippen LogP contribution in [0.4, 0.5) is 0 Å². The molecular weight excluding hydrogens is 218 g/mol. The SMILES string of the molecule is Brc1ccccc1C1CNCO1. The molecule has 1 atom stereocenters. The van der Waals surface area contributed by atoms with Gasteiger partial charge in [0.25, 0.3) is 0 Å². The van der Waals surface area contributed by atoms with E-state index >= 15 is 0 Å². The Kier molecular flexibility index (Phi) is 2.44. The standard InChI is InChI=1S/C9H10BrNO/c10-8-4-2-1-3-7(8)9-5-11-6-12-9/h1-4,9,11H,5-6H2. The van der Waals surface area contributed by atoms with Crippen LogP contribution in [0.2, 0.25) is 0 Å². The van der Waals surface area contributed by atoms with E-state index in [2.05, 4.69) is 27.3 Å². The van der Waals surface area contributed by atoms with Gasteiger partial charge in [-0.05, 0) is 11.6 Å². The monoisotopic (exact) mass is 227 g/mol. The Morgan fingerprint density at radius 3 is 2.92 bits per heavy atom. The Labute approximate surface area is 80.1 Å². The lowest BCUT2D eigenvalue weighted by Crippen LogP contribution is -2.08. The minimum atomic E-state index is 0.209. The van der Waals surface area contributed by atoms with E-state index < -0.39 is 0 Å². The van der Waals surface area contributed by atoms with Crippen LogP contribution in [0.1, 0.15) is 11.7 Å². The summed E-state index contributed by atoms with van der Waals surface area (Å²) >= 11 is 3.50. The third kappa shape index (κ3) is 1.53. The molecule has 0 radical (unpaired) electrons. The summed E-state index contributed by atoms with van der Waals surface area (Å²) < 4.78 is 6.60. The highest BCUT2D eigenvalue weighted by molar-refractivity contribution is 9.10. The lowest BCUT2D eigenvalue weighted by molar-refractivity contribution is 0.114. The van der Waals surface area contributed by atoms with Crippen LogP contribution in [-0.2, 0) is 4.74 Å². The Hall–Kier alpha value is -0.380. The van der Waals surface area contributed by atoms with Crippen molar-refractivity contribution in [2.45, 2.75) is 6.10 Å². The van der Waals surface area contributed by atoms with Gasteiger partial charge in [0, 0.05) is 11.0 Å². The number of halogens is 1. The molecule has 1 aliphatic heterocycles. The summed E-state index contributed by atoms with van der Waals surface area (Å²) in [5.74, 6) is 0. The molecule has 64 valence electrons. The zero-order valence-corrected chi connectivity index (χ0v) is 8.17. The van der Waals surface area contributed by atoms with Crippen molar-refractivity contribution < 1.29 is 4.74 Å². The van der Waals surface area contributed by atoms with E-state index in [1.165, 1.54) is 5.56 Å². The molecule has 1 fully saturated rings. The van der Waals surface area contributed by atoms with Gasteiger partial charge in [0.05, 0.1) is 12.8 Å². The number of nitrogens with one attached hydrogen (secondary N) is 1. The highest BCUT2D eigenvalue weighted by atomic mass is 79.9. The topological polar surface area (TPSA) is 21.3 Å². The zero-order valence-electron chi connectivity index (χ0n) is 6.59. The van der Waals surface area contributed by atoms with E-state index in [0.717, 1.165) is 11.0 Å². The molecule has 1 aliphatic rings. The van der Waals surface area contributed by atoms with Crippen molar-refractivity contribution in [3.05, 3.63) is 34.3 Å². The molecule has 0 spiro atoms. The molecule has 2 rings (SSSR count). The molecule has 12 heavy (non-hydrogen) atoms. The summed E-state index contributed by atoms with van der Waals surface area (Å²) in [5.41, 5.74) is 1.22. The van der Waals surface area contributed by atoms with E-state index in [1.807, 2.05) is 18.2 Å². The highest BCUT2D eigenvalue weighted by Crippen LogP contribution is 2.26. The second-order valence-electron chi connectivity index (χ2n) is 2.78. The first kappa shape index (κ1) is 8.23. The first-order valence-electron chi connectivity index (χ1n) is 3.94. The summed E-state index contributed by atoms with van der Waals surface area (Å²) in [7, 11) is 0. The van der Waals surface area contributed by atoms with Crippen molar-refractivity contribution in [2.24, 2.45) is 0 Å². The van der Waals surface area contributed by atoms with Crippen LogP contribution in [0.3, 0.4) is 0 Å². The molecule has 2 nitrogen and oxygen atoms in total. The molecule has 0 bridgehead atoms. The smallest absolute Gasteiger partial charge is 0.0978 e. The predicted octanol–water partition coefficient (Wildman–Crippen LogP) is 2.07. The van der Waals surface area contributed by atoms with Gasteiger partial charge in [-0.1, -0.05) is 34.1 Å². The van der Waals surface area contributed by atoms with Gasteiger partial charge in [-0.3, -0.25) is 5.32 Å². The molecule has 1 unspecified atom stereocenters. The number of ether oxygens (including phenoxy) is 1. The second kappa shape index (κ2) is 3.56. The minimum Gasteiger partial charge on any atom is -0.357 e. The van der Waals surface area contributed by atoms with E-state index in [9.17, 15) is 0 Å². The van der Waals surface area contributed by atoms with Gasteiger partial charge in [0.15, 0.2) is 0 Å². The van der Waals surface area contributed by atoms with Crippen LogP contribution in [0, 0.1) is 0 Å². The first-order chi connectivity index (χ1) is 5.88. The maximum Gasteiger partial charge on any atom is 0.0978 e. The average molecular weight is 228 g/mol. The third-order valence-corrected chi connectivity index (χ3v) is 2.69. The van der Waals surface area contributed by atoms with Crippen LogP contribution < -0.4 is 5.32 Å². The molecule has 0 aliphatic carbocycles. The van der Waals surface area contributed by atoms with Crippen LogP contribution in [0.15, 0.2) is 28.7 Å². The van der Waals surface area contributed by atoms with Crippen molar-refractivity contribution in [3.63, 3.8) is 0 Å². The maximum absolute atomic E-state index is 5.48. The Morgan fingerprint density at radius 1 is 1.42 bits per heavy atom. The van der Waals surface area contributed by atoms with Gasteiger partial charge in [-0.25, -0.2) is 0 Å². The Balaban J connectivity index is 2.26. The van der Waals surface area contributed by atoms with Crippen LogP contribution in [-0.4, -0.2) is 13.3 Å². The first-order valence-corrected chi connectivity index (χ1v) is 4.74. The van der Waals surface area contributed by atoms with Gasteiger partial charge < -0.3 is 4.74 Å². The Bertz CT molecular complexity index is 271. The summed E-state index contributed by atoms with van der Waals surface area (Å²) in [6.07, 6.45) is 0.209. The van der Waals surface area contributed by atoms with Crippen LogP contribution in [0.25, 0.3) is 0 Å². The van der Waals surface area contributed by atoms with E-state index in [1.54, 1.807) is 0 Å². The molecule has 1 heterocycles. The fourth-order valence-corrected chi connectivity index (χ4v) is 1.88. The van der Waals surface area contributed by atoms with Gasteiger partial charge in [0.1, 0.15) is 0 Å². The summed E-state index contributed by atoms with van der Waals surface area (Å²) in [6.45, 7) is 1.56. The van der Waals surface area contributed by atoms with Gasteiger partial charge >= 0.3 is 0 Å². The Morgan fingerprint density at radius 2 is 2.25 bits per heavy atom. The fourth-order valence-electron chi connectivity index (χ4n) is 1.34. The quantitative estimate of drug-likeness (QED) is 0.794. The molecular formula is C9H10BrNO. The summed E-state index contributed by atoms with van der Waals surface area (Å²) in [4.78, 5) is 0. The summed E-state index contributed by atoms with van der Waals surface area (Å²) in [5, 5.41) is 3.15. The van der Waals surface area contributed by atoms with Crippen molar-refractivity contribution in [3.8, 4) is 0 Å². The van der Waals surface area contributed by atoms with E-state index in [0.29, 0.717) is 6.73 Å². The highest BCUT2D eigenvalue weighted by Gasteiger charge is 2.18. The number of rotatable bonds is 1. The molecule has 1 saturated heterocycles. The maximum atomic E-state index is 5.48. The van der Waals surface area contributed by atoms with Gasteiger partial charge in [0.2, 0.25) is 0 Å². The molecule has 0 saturated carbocycles. The lowest BCUT2D eigenvalue weighted by atomic mass is 10.1. The minimum absolute atomic E-state index is 0.209. The molecule has 0 amide bonds. The number of hydrogen-bond acceptors (Lipinski definition) is 2. The van der Waals surface area contributed by atoms with E-state index in [4.69, 9.17) is 4.74 Å². The van der Waals surface area contributed by atoms with Crippen LogP contribution in [0.5, 0.6) is 0 Å². The predicted molar refractivity (Wildman–Crippen MR) is 50.8 cm³/mol. The molecule has 1 N–H and O–H groups in total. The largest absolute Gasteiger partial charge is 0.357 e. The van der Waals surface area contributed by atoms with E-state index in [-0.39, 0.29) is 6.10 Å².